The zero-order valence-corrected chi connectivity index (χ0v) is 16.1. The second-order valence-corrected chi connectivity index (χ2v) is 7.64. The van der Waals surface area contributed by atoms with Crippen LogP contribution in [0.3, 0.4) is 0 Å². The minimum Gasteiger partial charge on any atom is -0.356 e. The lowest BCUT2D eigenvalue weighted by atomic mass is 9.95. The normalized spacial score (nSPS) is 17.3. The molecule has 1 saturated heterocycles. The highest BCUT2D eigenvalue weighted by Gasteiger charge is 2.24. The first-order valence-corrected chi connectivity index (χ1v) is 10.2. The van der Waals surface area contributed by atoms with Crippen LogP contribution in [0.2, 0.25) is 0 Å². The number of halogens is 2. The maximum atomic E-state index is 13.1. The lowest BCUT2D eigenvalue weighted by molar-refractivity contribution is 0.145. The van der Waals surface area contributed by atoms with E-state index in [1.54, 1.807) is 28.1 Å². The van der Waals surface area contributed by atoms with E-state index in [9.17, 15) is 8.78 Å². The summed E-state index contributed by atoms with van der Waals surface area (Å²) in [5.41, 5.74) is 3.71. The molecule has 10 heteroatoms. The molecular formula is C19H17F2N7S. The first-order chi connectivity index (χ1) is 14.2. The van der Waals surface area contributed by atoms with Crippen molar-refractivity contribution in [3.05, 3.63) is 53.1 Å². The van der Waals surface area contributed by atoms with Gasteiger partial charge in [-0.05, 0) is 18.9 Å². The third kappa shape index (κ3) is 3.44. The fraction of sp³-hybridized carbons (Fsp3) is 0.316. The fourth-order valence-corrected chi connectivity index (χ4v) is 4.32. The highest BCUT2D eigenvalue weighted by atomic mass is 32.1. The molecule has 29 heavy (non-hydrogen) atoms. The van der Waals surface area contributed by atoms with Crippen LogP contribution in [0.25, 0.3) is 17.2 Å². The van der Waals surface area contributed by atoms with Gasteiger partial charge in [0.1, 0.15) is 17.2 Å². The van der Waals surface area contributed by atoms with Gasteiger partial charge in [0.05, 0.1) is 23.6 Å². The van der Waals surface area contributed by atoms with Gasteiger partial charge in [-0.3, -0.25) is 4.40 Å². The summed E-state index contributed by atoms with van der Waals surface area (Å²) in [5, 5.41) is 2.10. The van der Waals surface area contributed by atoms with Crippen molar-refractivity contribution in [1.29, 1.82) is 0 Å². The van der Waals surface area contributed by atoms with E-state index in [1.807, 2.05) is 11.6 Å². The van der Waals surface area contributed by atoms with Gasteiger partial charge in [0.25, 0.3) is 6.43 Å². The molecule has 5 heterocycles. The van der Waals surface area contributed by atoms with Crippen LogP contribution in [-0.4, -0.2) is 42.4 Å². The Hall–Kier alpha value is -3.01. The summed E-state index contributed by atoms with van der Waals surface area (Å²) < 4.78 is 27.7. The number of hydrogen-bond acceptors (Lipinski definition) is 7. The van der Waals surface area contributed by atoms with Crippen molar-refractivity contribution in [2.24, 2.45) is 0 Å². The monoisotopic (exact) mass is 413 g/mol. The molecule has 0 N–H and O–H groups in total. The van der Waals surface area contributed by atoms with E-state index in [4.69, 9.17) is 4.98 Å². The summed E-state index contributed by atoms with van der Waals surface area (Å²) in [4.78, 5) is 23.7. The van der Waals surface area contributed by atoms with Gasteiger partial charge in [-0.1, -0.05) is 0 Å². The quantitative estimate of drug-likeness (QED) is 0.504. The number of nitrogens with zero attached hydrogens (tertiary/aromatic N) is 7. The molecule has 0 amide bonds. The molecule has 7 nitrogen and oxygen atoms in total. The molecule has 1 fully saturated rings. The van der Waals surface area contributed by atoms with Crippen molar-refractivity contribution in [3.8, 4) is 11.5 Å². The Kier molecular flexibility index (Phi) is 4.62. The lowest BCUT2D eigenvalue weighted by Gasteiger charge is -2.33. The van der Waals surface area contributed by atoms with Crippen LogP contribution in [0.5, 0.6) is 0 Å². The van der Waals surface area contributed by atoms with Crippen molar-refractivity contribution in [3.63, 3.8) is 0 Å². The highest BCUT2D eigenvalue weighted by Crippen LogP contribution is 2.30. The molecule has 5 rings (SSSR count). The van der Waals surface area contributed by atoms with E-state index in [0.29, 0.717) is 23.1 Å². The Morgan fingerprint density at radius 2 is 2.07 bits per heavy atom. The summed E-state index contributed by atoms with van der Waals surface area (Å²) in [6.45, 7) is 1.75. The Morgan fingerprint density at radius 1 is 1.14 bits per heavy atom. The van der Waals surface area contributed by atoms with E-state index in [0.717, 1.165) is 37.4 Å². The van der Waals surface area contributed by atoms with Crippen LogP contribution >= 0.6 is 11.3 Å². The number of imidazole rings is 1. The number of anilines is 1. The zero-order valence-electron chi connectivity index (χ0n) is 15.3. The van der Waals surface area contributed by atoms with Gasteiger partial charge in [-0.2, -0.15) is 0 Å². The molecule has 1 unspecified atom stereocenters. The van der Waals surface area contributed by atoms with Crippen LogP contribution in [-0.2, 0) is 0 Å². The van der Waals surface area contributed by atoms with Crippen LogP contribution in [0.4, 0.5) is 14.6 Å². The van der Waals surface area contributed by atoms with Crippen LogP contribution in [0.1, 0.15) is 36.6 Å². The van der Waals surface area contributed by atoms with Gasteiger partial charge in [0, 0.05) is 36.8 Å². The van der Waals surface area contributed by atoms with Gasteiger partial charge in [0.15, 0.2) is 11.5 Å². The van der Waals surface area contributed by atoms with E-state index in [1.165, 1.54) is 12.4 Å². The third-order valence-electron chi connectivity index (χ3n) is 5.12. The Bertz CT molecular complexity index is 1130. The van der Waals surface area contributed by atoms with E-state index < -0.39 is 6.43 Å². The Labute approximate surface area is 169 Å². The smallest absolute Gasteiger partial charge is 0.281 e. The summed E-state index contributed by atoms with van der Waals surface area (Å²) in [6.07, 6.45) is 5.40. The Morgan fingerprint density at radius 3 is 2.90 bits per heavy atom. The lowest BCUT2D eigenvalue weighted by Crippen LogP contribution is -2.35. The number of fused-ring (bicyclic) bond motifs is 1. The van der Waals surface area contributed by atoms with Crippen molar-refractivity contribution in [2.45, 2.75) is 25.2 Å². The standard InChI is InChI=1S/C19H17F2N7S/c20-18(21)13-9-28-15(6-24-17(28)7-23-13)19-22-4-3-16(26-19)27-5-1-2-12(8-27)14-10-29-11-25-14/h3-4,6-7,9-12,18H,1-2,5,8H2. The van der Waals surface area contributed by atoms with E-state index >= 15 is 0 Å². The fourth-order valence-electron chi connectivity index (χ4n) is 3.68. The molecule has 1 aliphatic heterocycles. The number of thiazole rings is 1. The van der Waals surface area contributed by atoms with Crippen molar-refractivity contribution < 1.29 is 8.78 Å². The average molecular weight is 413 g/mol. The third-order valence-corrected chi connectivity index (χ3v) is 5.73. The number of rotatable bonds is 4. The molecular weight excluding hydrogens is 396 g/mol. The molecule has 0 aliphatic carbocycles. The maximum absolute atomic E-state index is 13.1. The summed E-state index contributed by atoms with van der Waals surface area (Å²) >= 11 is 1.61. The molecule has 4 aromatic heterocycles. The predicted octanol–water partition coefficient (Wildman–Crippen LogP) is 3.96. The van der Waals surface area contributed by atoms with Gasteiger partial charge in [0.2, 0.25) is 0 Å². The highest BCUT2D eigenvalue weighted by molar-refractivity contribution is 7.07. The molecule has 0 radical (unpaired) electrons. The van der Waals surface area contributed by atoms with E-state index in [-0.39, 0.29) is 5.69 Å². The maximum Gasteiger partial charge on any atom is 0.281 e. The minimum atomic E-state index is -2.65. The van der Waals surface area contributed by atoms with Crippen molar-refractivity contribution in [1.82, 2.24) is 29.3 Å². The summed E-state index contributed by atoms with van der Waals surface area (Å²) in [7, 11) is 0. The van der Waals surface area contributed by atoms with Gasteiger partial charge >= 0.3 is 0 Å². The second kappa shape index (κ2) is 7.43. The Balaban J connectivity index is 1.47. The molecule has 148 valence electrons. The molecule has 0 spiro atoms. The van der Waals surface area contributed by atoms with Gasteiger partial charge in [-0.15, -0.1) is 11.3 Å². The van der Waals surface area contributed by atoms with Gasteiger partial charge in [-0.25, -0.2) is 33.7 Å². The first-order valence-electron chi connectivity index (χ1n) is 9.26. The zero-order chi connectivity index (χ0) is 19.8. The van der Waals surface area contributed by atoms with Crippen LogP contribution < -0.4 is 4.90 Å². The first kappa shape index (κ1) is 18.0. The second-order valence-electron chi connectivity index (χ2n) is 6.92. The van der Waals surface area contributed by atoms with Crippen molar-refractivity contribution in [2.75, 3.05) is 18.0 Å². The molecule has 4 aromatic rings. The van der Waals surface area contributed by atoms with Crippen molar-refractivity contribution >= 4 is 22.8 Å². The molecule has 1 aliphatic rings. The molecule has 0 aromatic carbocycles. The predicted molar refractivity (Wildman–Crippen MR) is 105 cm³/mol. The number of aromatic nitrogens is 6. The van der Waals surface area contributed by atoms with Crippen LogP contribution in [0, 0.1) is 0 Å². The summed E-state index contributed by atoms with van der Waals surface area (Å²) in [6, 6.07) is 1.88. The molecule has 0 bridgehead atoms. The van der Waals surface area contributed by atoms with Crippen LogP contribution in [0.15, 0.2) is 41.7 Å². The summed E-state index contributed by atoms with van der Waals surface area (Å²) in [5.74, 6) is 1.63. The topological polar surface area (TPSA) is 72.1 Å². The van der Waals surface area contributed by atoms with Gasteiger partial charge < -0.3 is 4.90 Å². The SMILES string of the molecule is FC(F)c1cn2c(-c3nccc(N4CCCC(c5cscn5)C4)n3)cnc2cn1. The minimum absolute atomic E-state index is 0.310. The average Bonchev–Trinajstić information content (AvgIpc) is 3.43. The largest absolute Gasteiger partial charge is 0.356 e. The molecule has 1 atom stereocenters. The van der Waals surface area contributed by atoms with E-state index in [2.05, 4.69) is 30.2 Å². The number of alkyl halides is 2. The molecule has 0 saturated carbocycles. The number of hydrogen-bond donors (Lipinski definition) is 0. The number of piperidine rings is 1.